The Bertz CT molecular complexity index is 444. The minimum absolute atomic E-state index is 0. The Balaban J connectivity index is -0.000000411. The largest absolute Gasteiger partial charge is 2.00 e. The summed E-state index contributed by atoms with van der Waals surface area (Å²) in [6.07, 6.45) is -4.58. The van der Waals surface area contributed by atoms with E-state index in [1.807, 2.05) is 0 Å². The van der Waals surface area contributed by atoms with E-state index in [1.54, 1.807) is 0 Å². The molecule has 0 rings (SSSR count). The van der Waals surface area contributed by atoms with Crippen LogP contribution in [0.5, 0.6) is 0 Å². The molecule has 0 saturated carbocycles. The summed E-state index contributed by atoms with van der Waals surface area (Å²) in [6, 6.07) is 0. The van der Waals surface area contributed by atoms with Crippen LogP contribution in [0.4, 0.5) is 0 Å². The van der Waals surface area contributed by atoms with Gasteiger partial charge in [-0.2, -0.15) is 0 Å². The number of rotatable bonds is 8. The van der Waals surface area contributed by atoms with E-state index in [0.717, 1.165) is 0 Å². The summed E-state index contributed by atoms with van der Waals surface area (Å²) in [7, 11) is 0. The molecule has 10 N–H and O–H groups in total. The van der Waals surface area contributed by atoms with Crippen LogP contribution in [0.3, 0.4) is 0 Å². The molecule has 0 spiro atoms. The predicted molar refractivity (Wildman–Crippen MR) is 77.0 cm³/mol. The fourth-order valence-electron chi connectivity index (χ4n) is 1.33. The molecule has 0 aliphatic carbocycles. The van der Waals surface area contributed by atoms with E-state index < -0.39 is 47.3 Å². The van der Waals surface area contributed by atoms with Gasteiger partial charge in [0.05, 0.1) is 0 Å². The van der Waals surface area contributed by atoms with Gasteiger partial charge in [-0.3, -0.25) is 0 Å². The molecular formula is C12H22CaO14. The van der Waals surface area contributed by atoms with Crippen LogP contribution < -0.4 is 10.2 Å². The maximum Gasteiger partial charge on any atom is 2.00 e. The average molecular weight is 430 g/mol. The van der Waals surface area contributed by atoms with Crippen molar-refractivity contribution < 1.29 is 70.9 Å². The Kier molecular flexibility index (Phi) is 13.0. The SMILES string of the molecule is CCC(O)C(O)(O)C(O)(O)C(=O)[O-].CCC(O)C(O)(O)C(O)(O)C(=O)[O-].[Ca+2]. The Morgan fingerprint density at radius 3 is 1.00 bits per heavy atom. The van der Waals surface area contributed by atoms with Crippen LogP contribution in [0.1, 0.15) is 26.7 Å². The minimum Gasteiger partial charge on any atom is -0.544 e. The zero-order valence-corrected chi connectivity index (χ0v) is 16.6. The molecule has 0 radical (unpaired) electrons. The van der Waals surface area contributed by atoms with Crippen LogP contribution in [0.2, 0.25) is 0 Å². The van der Waals surface area contributed by atoms with E-state index in [2.05, 4.69) is 0 Å². The first-order chi connectivity index (χ1) is 11.3. The van der Waals surface area contributed by atoms with Crippen LogP contribution in [0.15, 0.2) is 0 Å². The number of carbonyl (C=O) groups is 2. The first kappa shape index (κ1) is 31.5. The van der Waals surface area contributed by atoms with Gasteiger partial charge in [-0.25, -0.2) is 0 Å². The van der Waals surface area contributed by atoms with E-state index >= 15 is 0 Å². The van der Waals surface area contributed by atoms with Crippen LogP contribution in [-0.2, 0) is 9.59 Å². The van der Waals surface area contributed by atoms with E-state index in [9.17, 15) is 19.8 Å². The zero-order valence-electron chi connectivity index (χ0n) is 14.4. The van der Waals surface area contributed by atoms with Gasteiger partial charge in [0.2, 0.25) is 0 Å². The number of carboxylic acid groups (broad SMARTS) is 2. The number of aliphatic hydroxyl groups is 10. The van der Waals surface area contributed by atoms with Gasteiger partial charge in [0.1, 0.15) is 24.1 Å². The van der Waals surface area contributed by atoms with Crippen LogP contribution in [0.25, 0.3) is 0 Å². The van der Waals surface area contributed by atoms with Crippen molar-refractivity contribution in [3.63, 3.8) is 0 Å². The molecule has 156 valence electrons. The molecule has 14 nitrogen and oxygen atoms in total. The van der Waals surface area contributed by atoms with Gasteiger partial charge in [0.15, 0.2) is 0 Å². The standard InChI is InChI=1S/2C6H12O7.Ca/c2*1-2-3(7)5(10,11)6(12,13)4(8)9;/h2*3,7,10-13H,2H2,1H3,(H,8,9);/q;;+2/p-2. The molecule has 0 aromatic carbocycles. The molecule has 0 aromatic rings. The molecule has 0 saturated heterocycles. The molecular weight excluding hydrogens is 408 g/mol. The monoisotopic (exact) mass is 430 g/mol. The summed E-state index contributed by atoms with van der Waals surface area (Å²) in [6.45, 7) is 2.58. The molecule has 0 aliphatic heterocycles. The number of carboxylic acids is 2. The van der Waals surface area contributed by atoms with Crippen molar-refractivity contribution in [2.45, 2.75) is 62.0 Å². The fourth-order valence-corrected chi connectivity index (χ4v) is 1.33. The molecule has 0 aromatic heterocycles. The molecule has 2 unspecified atom stereocenters. The molecule has 27 heavy (non-hydrogen) atoms. The second-order valence-corrected chi connectivity index (χ2v) is 5.22. The molecule has 0 fully saturated rings. The van der Waals surface area contributed by atoms with Gasteiger partial charge < -0.3 is 70.9 Å². The van der Waals surface area contributed by atoms with Gasteiger partial charge in [-0.15, -0.1) is 0 Å². The van der Waals surface area contributed by atoms with Crippen molar-refractivity contribution in [1.82, 2.24) is 0 Å². The molecule has 0 heterocycles. The first-order valence-electron chi connectivity index (χ1n) is 6.93. The van der Waals surface area contributed by atoms with E-state index in [4.69, 9.17) is 51.1 Å². The summed E-state index contributed by atoms with van der Waals surface area (Å²) >= 11 is 0. The third-order valence-electron chi connectivity index (χ3n) is 3.30. The topological polar surface area (TPSA) is 283 Å². The maximum atomic E-state index is 10.0. The van der Waals surface area contributed by atoms with Crippen LogP contribution in [-0.4, -0.2) is 136 Å². The van der Waals surface area contributed by atoms with Crippen molar-refractivity contribution in [2.24, 2.45) is 0 Å². The van der Waals surface area contributed by atoms with Crippen LogP contribution in [0, 0.1) is 0 Å². The van der Waals surface area contributed by atoms with Gasteiger partial charge in [0.25, 0.3) is 23.1 Å². The Hall–Kier alpha value is -0.200. The molecule has 2 atom stereocenters. The summed E-state index contributed by atoms with van der Waals surface area (Å²) in [5.74, 6) is -20.0. The normalized spacial score (nSPS) is 15.0. The summed E-state index contributed by atoms with van der Waals surface area (Å²) < 4.78 is 0. The van der Waals surface area contributed by atoms with E-state index in [1.165, 1.54) is 13.8 Å². The predicted octanol–water partition coefficient (Wildman–Crippen LogP) is -8.64. The minimum atomic E-state index is -3.91. The Labute approximate surface area is 182 Å². The van der Waals surface area contributed by atoms with Crippen LogP contribution >= 0.6 is 0 Å². The molecule has 0 aliphatic rings. The third-order valence-corrected chi connectivity index (χ3v) is 3.30. The Morgan fingerprint density at radius 1 is 0.704 bits per heavy atom. The Morgan fingerprint density at radius 2 is 0.889 bits per heavy atom. The van der Waals surface area contributed by atoms with Crippen molar-refractivity contribution in [1.29, 1.82) is 0 Å². The quantitative estimate of drug-likeness (QED) is 0.126. The number of aliphatic hydroxyl groups excluding tert-OH is 2. The van der Waals surface area contributed by atoms with Gasteiger partial charge in [-0.1, -0.05) is 13.8 Å². The first-order valence-corrected chi connectivity index (χ1v) is 6.93. The molecule has 15 heteroatoms. The molecule has 0 bridgehead atoms. The number of hydrogen-bond acceptors (Lipinski definition) is 14. The van der Waals surface area contributed by atoms with Crippen molar-refractivity contribution in [3.05, 3.63) is 0 Å². The van der Waals surface area contributed by atoms with E-state index in [0.29, 0.717) is 0 Å². The second kappa shape index (κ2) is 11.1. The summed E-state index contributed by atoms with van der Waals surface area (Å²) in [5.41, 5.74) is 0. The van der Waals surface area contributed by atoms with Gasteiger partial charge in [-0.05, 0) is 12.8 Å². The smallest absolute Gasteiger partial charge is 0.544 e. The van der Waals surface area contributed by atoms with Crippen molar-refractivity contribution in [2.75, 3.05) is 0 Å². The zero-order chi connectivity index (χ0) is 21.7. The number of aliphatic carboxylic acids is 2. The summed E-state index contributed by atoms with van der Waals surface area (Å²) in [4.78, 5) is 20.1. The summed E-state index contributed by atoms with van der Waals surface area (Å²) in [5, 5.41) is 108. The van der Waals surface area contributed by atoms with E-state index in [-0.39, 0.29) is 50.6 Å². The average Bonchev–Trinajstić information content (AvgIpc) is 2.52. The number of carbonyl (C=O) groups excluding carboxylic acids is 2. The van der Waals surface area contributed by atoms with Gasteiger partial charge in [0, 0.05) is 0 Å². The van der Waals surface area contributed by atoms with Gasteiger partial charge >= 0.3 is 37.7 Å². The van der Waals surface area contributed by atoms with Crippen molar-refractivity contribution >= 4 is 49.7 Å². The third kappa shape index (κ3) is 6.97. The second-order valence-electron chi connectivity index (χ2n) is 5.22. The number of hydrogen-bond donors (Lipinski definition) is 10. The maximum absolute atomic E-state index is 10.0. The molecule has 0 amide bonds. The van der Waals surface area contributed by atoms with Crippen molar-refractivity contribution in [3.8, 4) is 0 Å². The fraction of sp³-hybridized carbons (Fsp3) is 0.833.